The Morgan fingerprint density at radius 2 is 1.82 bits per heavy atom. The minimum Gasteiger partial charge on any atom is -0.490 e. The van der Waals surface area contributed by atoms with Gasteiger partial charge in [0, 0.05) is 32.3 Å². The van der Waals surface area contributed by atoms with E-state index in [0.717, 1.165) is 61.9 Å². The van der Waals surface area contributed by atoms with Crippen LogP contribution in [0.15, 0.2) is 48.9 Å². The Labute approximate surface area is 228 Å². The van der Waals surface area contributed by atoms with Crippen LogP contribution in [0, 0.1) is 5.92 Å². The predicted molar refractivity (Wildman–Crippen MR) is 148 cm³/mol. The predicted octanol–water partition coefficient (Wildman–Crippen LogP) is 4.15. The number of nitrogens with zero attached hydrogens (tertiary/aromatic N) is 6. The van der Waals surface area contributed by atoms with Crippen molar-refractivity contribution in [3.05, 3.63) is 48.9 Å². The fourth-order valence-corrected chi connectivity index (χ4v) is 5.20. The Morgan fingerprint density at radius 1 is 1.03 bits per heavy atom. The summed E-state index contributed by atoms with van der Waals surface area (Å²) in [5.41, 5.74) is 0. The Balaban J connectivity index is 1.23. The maximum absolute atomic E-state index is 11.2. The van der Waals surface area contributed by atoms with Crippen LogP contribution in [0.3, 0.4) is 0 Å². The summed E-state index contributed by atoms with van der Waals surface area (Å²) < 4.78 is 12.1. The second-order valence-electron chi connectivity index (χ2n) is 9.89. The van der Waals surface area contributed by atoms with Gasteiger partial charge < -0.3 is 29.7 Å². The Morgan fingerprint density at radius 3 is 2.64 bits per heavy atom. The number of carboxylic acids is 1. The third kappa shape index (κ3) is 7.04. The molecule has 4 heterocycles. The van der Waals surface area contributed by atoms with E-state index in [2.05, 4.69) is 30.1 Å². The van der Waals surface area contributed by atoms with Gasteiger partial charge in [-0.3, -0.25) is 9.78 Å². The lowest BCUT2D eigenvalue weighted by atomic mass is 9.95. The first-order valence-corrected chi connectivity index (χ1v) is 13.6. The summed E-state index contributed by atoms with van der Waals surface area (Å²) in [5, 5.41) is 12.4. The number of hydrogen-bond donors (Lipinski definition) is 2. The van der Waals surface area contributed by atoms with Crippen LogP contribution in [-0.2, 0) is 4.79 Å². The normalized spacial score (nSPS) is 19.4. The van der Waals surface area contributed by atoms with Gasteiger partial charge in [-0.25, -0.2) is 9.97 Å². The lowest BCUT2D eigenvalue weighted by Crippen LogP contribution is -2.41. The fraction of sp³-hybridized carbons (Fsp3) is 0.464. The number of aromatic nitrogens is 4. The third-order valence-electron chi connectivity index (χ3n) is 6.95. The molecule has 2 fully saturated rings. The highest BCUT2D eigenvalue weighted by Gasteiger charge is 2.25. The zero-order chi connectivity index (χ0) is 27.0. The summed E-state index contributed by atoms with van der Waals surface area (Å²) in [5.74, 6) is 3.39. The van der Waals surface area contributed by atoms with Crippen LogP contribution in [-0.4, -0.2) is 69.9 Å². The third-order valence-corrected chi connectivity index (χ3v) is 6.95. The number of piperidine rings is 2. The molecule has 3 aromatic rings. The monoisotopic (exact) mass is 533 g/mol. The maximum Gasteiger partial charge on any atom is 0.303 e. The summed E-state index contributed by atoms with van der Waals surface area (Å²) in [6.45, 7) is 5.62. The highest BCUT2D eigenvalue weighted by atomic mass is 16.5. The Hall–Kier alpha value is -4.15. The molecule has 0 bridgehead atoms. The van der Waals surface area contributed by atoms with Gasteiger partial charge in [0.15, 0.2) is 17.3 Å². The van der Waals surface area contributed by atoms with Gasteiger partial charge in [0.25, 0.3) is 0 Å². The number of ether oxygens (including phenoxy) is 2. The van der Waals surface area contributed by atoms with Gasteiger partial charge in [-0.2, -0.15) is 4.98 Å². The van der Waals surface area contributed by atoms with Crippen LogP contribution in [0.25, 0.3) is 0 Å². The van der Waals surface area contributed by atoms with Crippen molar-refractivity contribution in [1.82, 2.24) is 19.9 Å². The van der Waals surface area contributed by atoms with E-state index in [0.29, 0.717) is 31.5 Å². The van der Waals surface area contributed by atoms with E-state index in [9.17, 15) is 9.90 Å². The Kier molecular flexibility index (Phi) is 8.55. The minimum absolute atomic E-state index is 0.00767. The molecule has 0 saturated carbocycles. The molecule has 0 aliphatic carbocycles. The van der Waals surface area contributed by atoms with Crippen molar-refractivity contribution in [3.63, 3.8) is 0 Å². The summed E-state index contributed by atoms with van der Waals surface area (Å²) in [4.78, 5) is 33.7. The molecule has 2 atom stereocenters. The second kappa shape index (κ2) is 12.6. The van der Waals surface area contributed by atoms with E-state index in [4.69, 9.17) is 14.5 Å². The Bertz CT molecular complexity index is 1260. The number of para-hydroxylation sites is 2. The van der Waals surface area contributed by atoms with Crippen LogP contribution in [0.1, 0.15) is 39.0 Å². The minimum atomic E-state index is -0.757. The second-order valence-corrected chi connectivity index (χ2v) is 9.89. The van der Waals surface area contributed by atoms with E-state index < -0.39 is 5.97 Å². The summed E-state index contributed by atoms with van der Waals surface area (Å²) in [6.07, 6.45) is 9.09. The van der Waals surface area contributed by atoms with Gasteiger partial charge >= 0.3 is 5.97 Å². The molecule has 11 nitrogen and oxygen atoms in total. The van der Waals surface area contributed by atoms with Crippen molar-refractivity contribution in [3.8, 4) is 11.5 Å². The van der Waals surface area contributed by atoms with Crippen LogP contribution in [0.2, 0.25) is 0 Å². The van der Waals surface area contributed by atoms with Crippen LogP contribution in [0.4, 0.5) is 23.4 Å². The van der Waals surface area contributed by atoms with E-state index in [1.54, 1.807) is 18.6 Å². The van der Waals surface area contributed by atoms with Gasteiger partial charge in [0.2, 0.25) is 5.95 Å². The average Bonchev–Trinajstić information content (AvgIpc) is 2.95. The molecule has 0 radical (unpaired) electrons. The maximum atomic E-state index is 11.2. The van der Waals surface area contributed by atoms with E-state index in [1.165, 1.54) is 0 Å². The van der Waals surface area contributed by atoms with Gasteiger partial charge in [-0.1, -0.05) is 12.1 Å². The van der Waals surface area contributed by atoms with Gasteiger partial charge in [-0.15, -0.1) is 0 Å². The molecule has 11 heteroatoms. The first-order valence-electron chi connectivity index (χ1n) is 13.6. The molecule has 0 amide bonds. The van der Waals surface area contributed by atoms with Gasteiger partial charge in [0.1, 0.15) is 17.7 Å². The van der Waals surface area contributed by atoms with Crippen molar-refractivity contribution in [2.75, 3.05) is 47.9 Å². The fourth-order valence-electron chi connectivity index (χ4n) is 5.20. The van der Waals surface area contributed by atoms with Gasteiger partial charge in [0.05, 0.1) is 25.5 Å². The smallest absolute Gasteiger partial charge is 0.303 e. The number of benzene rings is 1. The molecule has 1 aromatic carbocycles. The molecule has 5 rings (SSSR count). The van der Waals surface area contributed by atoms with Crippen molar-refractivity contribution in [1.29, 1.82) is 0 Å². The molecule has 206 valence electrons. The topological polar surface area (TPSA) is 126 Å². The van der Waals surface area contributed by atoms with E-state index in [1.807, 2.05) is 37.3 Å². The van der Waals surface area contributed by atoms with E-state index >= 15 is 0 Å². The highest BCUT2D eigenvalue weighted by Crippen LogP contribution is 2.30. The van der Waals surface area contributed by atoms with Gasteiger partial charge in [-0.05, 0) is 56.7 Å². The molecule has 39 heavy (non-hydrogen) atoms. The average molecular weight is 534 g/mol. The lowest BCUT2D eigenvalue weighted by Gasteiger charge is -2.34. The largest absolute Gasteiger partial charge is 0.490 e. The molecule has 2 N–H and O–H groups in total. The molecule has 2 aliphatic rings. The number of carbonyl (C=O) groups is 1. The first kappa shape index (κ1) is 26.5. The van der Waals surface area contributed by atoms with Crippen molar-refractivity contribution < 1.29 is 19.4 Å². The molecule has 2 aromatic heterocycles. The van der Waals surface area contributed by atoms with Crippen LogP contribution >= 0.6 is 0 Å². The summed E-state index contributed by atoms with van der Waals surface area (Å²) in [6, 6.07) is 9.63. The molecule has 2 aliphatic heterocycles. The SMILES string of the molecule is CCOc1ccccc1OC1CCCN(c2cncc(Nc3nccc(N4CCCC(CC(=O)O)C4)n3)n2)C1. The number of aliphatic carboxylic acids is 1. The molecule has 2 saturated heterocycles. The molecule has 2 unspecified atom stereocenters. The highest BCUT2D eigenvalue weighted by molar-refractivity contribution is 5.67. The number of nitrogens with one attached hydrogen (secondary N) is 1. The number of rotatable bonds is 10. The number of carboxylic acid groups (broad SMARTS) is 1. The summed E-state index contributed by atoms with van der Waals surface area (Å²) in [7, 11) is 0. The zero-order valence-corrected chi connectivity index (χ0v) is 22.2. The lowest BCUT2D eigenvalue weighted by molar-refractivity contribution is -0.138. The first-order chi connectivity index (χ1) is 19.1. The van der Waals surface area contributed by atoms with Crippen molar-refractivity contribution in [2.45, 2.75) is 45.1 Å². The summed E-state index contributed by atoms with van der Waals surface area (Å²) >= 11 is 0. The van der Waals surface area contributed by atoms with Crippen molar-refractivity contribution >= 4 is 29.4 Å². The standard InChI is InChI=1S/C28H35N7O4/c1-2-38-22-9-3-4-10-23(22)39-21-8-6-14-35(19-21)26-17-29-16-24(31-26)32-28-30-12-11-25(33-28)34-13-5-7-20(18-34)15-27(36)37/h3-4,9-12,16-17,20-21H,2,5-8,13-15,18-19H2,1H3,(H,36,37)(H,30,31,32,33). The molecular weight excluding hydrogens is 498 g/mol. The van der Waals surface area contributed by atoms with E-state index in [-0.39, 0.29) is 18.4 Å². The zero-order valence-electron chi connectivity index (χ0n) is 22.2. The number of anilines is 4. The molecular formula is C28H35N7O4. The number of hydrogen-bond acceptors (Lipinski definition) is 10. The van der Waals surface area contributed by atoms with Crippen LogP contribution in [0.5, 0.6) is 11.5 Å². The van der Waals surface area contributed by atoms with Crippen LogP contribution < -0.4 is 24.6 Å². The van der Waals surface area contributed by atoms with Crippen molar-refractivity contribution in [2.24, 2.45) is 5.92 Å². The molecule has 0 spiro atoms. The quantitative estimate of drug-likeness (QED) is 0.390.